The molecule has 0 fully saturated rings. The van der Waals surface area contributed by atoms with Crippen molar-refractivity contribution in [2.45, 2.75) is 51.4 Å². The zero-order valence-electron chi connectivity index (χ0n) is 9.76. The SMILES string of the molecule is COC(C)(C)CC(C)NCC(O)C(F)F. The maximum absolute atomic E-state index is 12.0. The van der Waals surface area contributed by atoms with Gasteiger partial charge in [0.05, 0.1) is 5.60 Å². The van der Waals surface area contributed by atoms with Crippen LogP contribution in [-0.4, -0.2) is 42.9 Å². The number of ether oxygens (including phenoxy) is 1. The summed E-state index contributed by atoms with van der Waals surface area (Å²) in [6.07, 6.45) is -3.60. The first-order valence-electron chi connectivity index (χ1n) is 5.03. The molecule has 0 saturated heterocycles. The highest BCUT2D eigenvalue weighted by Gasteiger charge is 2.22. The van der Waals surface area contributed by atoms with Crippen LogP contribution < -0.4 is 5.32 Å². The highest BCUT2D eigenvalue weighted by atomic mass is 19.3. The third kappa shape index (κ3) is 6.76. The van der Waals surface area contributed by atoms with Gasteiger partial charge in [-0.25, -0.2) is 8.78 Å². The van der Waals surface area contributed by atoms with Crippen molar-refractivity contribution in [2.75, 3.05) is 13.7 Å². The second-order valence-electron chi connectivity index (χ2n) is 4.38. The molecule has 0 amide bonds. The fourth-order valence-corrected chi connectivity index (χ4v) is 1.30. The number of aliphatic hydroxyl groups excluding tert-OH is 1. The van der Waals surface area contributed by atoms with Crippen LogP contribution in [0.1, 0.15) is 27.2 Å². The van der Waals surface area contributed by atoms with Crippen molar-refractivity contribution in [1.29, 1.82) is 0 Å². The number of alkyl halides is 2. The highest BCUT2D eigenvalue weighted by molar-refractivity contribution is 4.76. The predicted octanol–water partition coefficient (Wildman–Crippen LogP) is 1.41. The third-order valence-electron chi connectivity index (χ3n) is 2.32. The van der Waals surface area contributed by atoms with Crippen LogP contribution in [-0.2, 0) is 4.74 Å². The lowest BCUT2D eigenvalue weighted by Crippen LogP contribution is -2.41. The first-order valence-corrected chi connectivity index (χ1v) is 5.03. The van der Waals surface area contributed by atoms with Crippen LogP contribution in [0, 0.1) is 0 Å². The van der Waals surface area contributed by atoms with Crippen LogP contribution in [0.4, 0.5) is 8.78 Å². The van der Waals surface area contributed by atoms with E-state index in [1.165, 1.54) is 0 Å². The van der Waals surface area contributed by atoms with Gasteiger partial charge in [0.2, 0.25) is 0 Å². The third-order valence-corrected chi connectivity index (χ3v) is 2.32. The van der Waals surface area contributed by atoms with E-state index in [9.17, 15) is 8.78 Å². The Balaban J connectivity index is 3.80. The molecular formula is C10H21F2NO2. The zero-order valence-corrected chi connectivity index (χ0v) is 9.76. The molecule has 0 aromatic carbocycles. The molecule has 0 aromatic heterocycles. The molecule has 3 nitrogen and oxygen atoms in total. The van der Waals surface area contributed by atoms with Crippen molar-refractivity contribution in [3.63, 3.8) is 0 Å². The highest BCUT2D eigenvalue weighted by Crippen LogP contribution is 2.15. The summed E-state index contributed by atoms with van der Waals surface area (Å²) in [6.45, 7) is 5.63. The molecule has 92 valence electrons. The summed E-state index contributed by atoms with van der Waals surface area (Å²) in [5.41, 5.74) is -0.289. The topological polar surface area (TPSA) is 41.5 Å². The fourth-order valence-electron chi connectivity index (χ4n) is 1.30. The summed E-state index contributed by atoms with van der Waals surface area (Å²) in [4.78, 5) is 0. The Bertz CT molecular complexity index is 177. The fraction of sp³-hybridized carbons (Fsp3) is 1.00. The van der Waals surface area contributed by atoms with Gasteiger partial charge >= 0.3 is 0 Å². The molecule has 0 bridgehead atoms. The van der Waals surface area contributed by atoms with Gasteiger partial charge in [0.1, 0.15) is 6.10 Å². The summed E-state index contributed by atoms with van der Waals surface area (Å²) >= 11 is 0. The van der Waals surface area contributed by atoms with E-state index in [1.807, 2.05) is 20.8 Å². The molecule has 0 radical (unpaired) electrons. The molecule has 2 N–H and O–H groups in total. The molecule has 15 heavy (non-hydrogen) atoms. The minimum absolute atomic E-state index is 0.0216. The standard InChI is InChI=1S/C10H21F2NO2/c1-7(5-10(2,3)15-4)13-6-8(14)9(11)12/h7-9,13-14H,5-6H2,1-4H3. The number of aliphatic hydroxyl groups is 1. The van der Waals surface area contributed by atoms with E-state index >= 15 is 0 Å². The molecular weight excluding hydrogens is 204 g/mol. The first-order chi connectivity index (χ1) is 6.78. The molecule has 0 aliphatic rings. The number of rotatable bonds is 7. The van der Waals surface area contributed by atoms with Crippen LogP contribution >= 0.6 is 0 Å². The van der Waals surface area contributed by atoms with Crippen LogP contribution in [0.2, 0.25) is 0 Å². The lowest BCUT2D eigenvalue weighted by molar-refractivity contribution is -0.0111. The van der Waals surface area contributed by atoms with Gasteiger partial charge in [0, 0.05) is 19.7 Å². The van der Waals surface area contributed by atoms with Crippen molar-refractivity contribution in [1.82, 2.24) is 5.32 Å². The lowest BCUT2D eigenvalue weighted by Gasteiger charge is -2.27. The van der Waals surface area contributed by atoms with Gasteiger partial charge in [-0.2, -0.15) is 0 Å². The number of halogens is 2. The van der Waals surface area contributed by atoms with E-state index in [4.69, 9.17) is 9.84 Å². The second kappa shape index (κ2) is 6.35. The molecule has 0 saturated carbocycles. The summed E-state index contributed by atoms with van der Waals surface area (Å²) in [6, 6.07) is 0.0216. The normalized spacial score (nSPS) is 16.8. The van der Waals surface area contributed by atoms with Gasteiger partial charge in [0.25, 0.3) is 6.43 Å². The lowest BCUT2D eigenvalue weighted by atomic mass is 10.00. The molecule has 0 rings (SSSR count). The number of hydrogen-bond donors (Lipinski definition) is 2. The average Bonchev–Trinajstić information content (AvgIpc) is 2.13. The maximum atomic E-state index is 12.0. The van der Waals surface area contributed by atoms with Crippen molar-refractivity contribution >= 4 is 0 Å². The summed E-state index contributed by atoms with van der Waals surface area (Å²) < 4.78 is 29.1. The van der Waals surface area contributed by atoms with Gasteiger partial charge < -0.3 is 15.2 Å². The van der Waals surface area contributed by atoms with E-state index < -0.39 is 12.5 Å². The van der Waals surface area contributed by atoms with Crippen LogP contribution in [0.5, 0.6) is 0 Å². The minimum Gasteiger partial charge on any atom is -0.386 e. The maximum Gasteiger partial charge on any atom is 0.265 e. The molecule has 0 aromatic rings. The Hall–Kier alpha value is -0.260. The molecule has 0 aliphatic carbocycles. The quantitative estimate of drug-likeness (QED) is 0.688. The van der Waals surface area contributed by atoms with Gasteiger partial charge in [-0.05, 0) is 27.2 Å². The van der Waals surface area contributed by atoms with Crippen molar-refractivity contribution in [3.8, 4) is 0 Å². The van der Waals surface area contributed by atoms with Gasteiger partial charge in [-0.1, -0.05) is 0 Å². The van der Waals surface area contributed by atoms with Gasteiger partial charge in [-0.15, -0.1) is 0 Å². The van der Waals surface area contributed by atoms with Gasteiger partial charge in [0.15, 0.2) is 0 Å². The van der Waals surface area contributed by atoms with E-state index in [1.54, 1.807) is 7.11 Å². The summed E-state index contributed by atoms with van der Waals surface area (Å²) in [5.74, 6) is 0. The van der Waals surface area contributed by atoms with E-state index in [2.05, 4.69) is 5.32 Å². The minimum atomic E-state index is -2.69. The molecule has 0 spiro atoms. The Morgan fingerprint density at radius 3 is 2.33 bits per heavy atom. The predicted molar refractivity (Wildman–Crippen MR) is 55.2 cm³/mol. The summed E-state index contributed by atoms with van der Waals surface area (Å²) in [7, 11) is 1.61. The van der Waals surface area contributed by atoms with Crippen LogP contribution in [0.15, 0.2) is 0 Å². The Morgan fingerprint density at radius 1 is 1.40 bits per heavy atom. The zero-order chi connectivity index (χ0) is 12.1. The smallest absolute Gasteiger partial charge is 0.265 e. The Morgan fingerprint density at radius 2 is 1.93 bits per heavy atom. The second-order valence-corrected chi connectivity index (χ2v) is 4.38. The van der Waals surface area contributed by atoms with Crippen molar-refractivity contribution < 1.29 is 18.6 Å². The van der Waals surface area contributed by atoms with Crippen molar-refractivity contribution in [3.05, 3.63) is 0 Å². The van der Waals surface area contributed by atoms with Crippen molar-refractivity contribution in [2.24, 2.45) is 0 Å². The van der Waals surface area contributed by atoms with Gasteiger partial charge in [-0.3, -0.25) is 0 Å². The summed E-state index contributed by atoms with van der Waals surface area (Å²) in [5, 5.41) is 11.7. The molecule has 2 unspecified atom stereocenters. The van der Waals surface area contributed by atoms with Crippen LogP contribution in [0.3, 0.4) is 0 Å². The molecule has 5 heteroatoms. The molecule has 0 heterocycles. The largest absolute Gasteiger partial charge is 0.386 e. The first kappa shape index (κ1) is 14.7. The van der Waals surface area contributed by atoms with E-state index in [0.717, 1.165) is 0 Å². The number of nitrogens with one attached hydrogen (secondary N) is 1. The molecule has 2 atom stereocenters. The Kier molecular flexibility index (Phi) is 6.24. The van der Waals surface area contributed by atoms with E-state index in [0.29, 0.717) is 6.42 Å². The monoisotopic (exact) mass is 225 g/mol. The average molecular weight is 225 g/mol. The molecule has 0 aliphatic heterocycles. The Labute approximate surface area is 89.8 Å². The number of hydrogen-bond acceptors (Lipinski definition) is 3. The van der Waals surface area contributed by atoms with E-state index in [-0.39, 0.29) is 18.2 Å². The number of methoxy groups -OCH3 is 1. The van der Waals surface area contributed by atoms with Crippen LogP contribution in [0.25, 0.3) is 0 Å².